The van der Waals surface area contributed by atoms with Crippen molar-refractivity contribution < 1.29 is 29.2 Å². The second kappa shape index (κ2) is 12.2. The van der Waals surface area contributed by atoms with Crippen LogP contribution >= 0.6 is 0 Å². The van der Waals surface area contributed by atoms with Gasteiger partial charge in [0.1, 0.15) is 12.5 Å². The summed E-state index contributed by atoms with van der Waals surface area (Å²) in [6, 6.07) is 6.56. The Morgan fingerprint density at radius 3 is 2.47 bits per heavy atom. The fourth-order valence-corrected chi connectivity index (χ4v) is 5.23. The lowest BCUT2D eigenvalue weighted by Gasteiger charge is -2.46. The number of aliphatic hydroxyl groups excluding tert-OH is 2. The number of ether oxygens (including phenoxy) is 4. The molecule has 36 heavy (non-hydrogen) atoms. The number of hydrogen-bond donors (Lipinski definition) is 2. The third-order valence-electron chi connectivity index (χ3n) is 7.46. The average molecular weight is 503 g/mol. The first kappa shape index (κ1) is 27.3. The molecule has 1 aliphatic carbocycles. The predicted octanol–water partition coefficient (Wildman–Crippen LogP) is 2.29. The van der Waals surface area contributed by atoms with Crippen molar-refractivity contribution in [3.05, 3.63) is 53.1 Å². The van der Waals surface area contributed by atoms with Gasteiger partial charge in [-0.05, 0) is 23.3 Å². The summed E-state index contributed by atoms with van der Waals surface area (Å²) in [5.74, 6) is 0.946. The van der Waals surface area contributed by atoms with Gasteiger partial charge in [0, 0.05) is 42.6 Å². The Balaban J connectivity index is 1.45. The van der Waals surface area contributed by atoms with E-state index in [1.165, 1.54) is 16.7 Å². The second-order valence-electron chi connectivity index (χ2n) is 10.7. The number of hydrogen-bond acceptors (Lipinski definition) is 8. The van der Waals surface area contributed by atoms with E-state index in [9.17, 15) is 0 Å². The van der Waals surface area contributed by atoms with Crippen LogP contribution in [0.5, 0.6) is 5.75 Å². The molecule has 0 radical (unpaired) electrons. The minimum Gasteiger partial charge on any atom is -0.478 e. The van der Waals surface area contributed by atoms with Gasteiger partial charge in [0.05, 0.1) is 52.5 Å². The van der Waals surface area contributed by atoms with Gasteiger partial charge in [-0.25, -0.2) is 0 Å². The fraction of sp³-hybridized carbons (Fsp3) is 0.643. The highest BCUT2D eigenvalue weighted by Crippen LogP contribution is 2.43. The van der Waals surface area contributed by atoms with Crippen LogP contribution in [-0.2, 0) is 26.2 Å². The van der Waals surface area contributed by atoms with E-state index in [0.29, 0.717) is 39.9 Å². The summed E-state index contributed by atoms with van der Waals surface area (Å²) in [5.41, 5.74) is 3.42. The first-order valence-corrected chi connectivity index (χ1v) is 13.0. The van der Waals surface area contributed by atoms with Crippen LogP contribution in [0.3, 0.4) is 0 Å². The highest BCUT2D eigenvalue weighted by molar-refractivity contribution is 5.48. The van der Waals surface area contributed by atoms with E-state index in [1.807, 2.05) is 0 Å². The van der Waals surface area contributed by atoms with Gasteiger partial charge in [-0.1, -0.05) is 45.1 Å². The molecule has 8 nitrogen and oxygen atoms in total. The summed E-state index contributed by atoms with van der Waals surface area (Å²) in [7, 11) is 0. The highest BCUT2D eigenvalue weighted by atomic mass is 16.5. The largest absolute Gasteiger partial charge is 0.478 e. The van der Waals surface area contributed by atoms with Crippen LogP contribution in [0.15, 0.2) is 42.0 Å². The molecule has 0 amide bonds. The first-order chi connectivity index (χ1) is 17.4. The number of nitrogens with zero attached hydrogens (tertiary/aromatic N) is 2. The molecule has 0 bridgehead atoms. The topological polar surface area (TPSA) is 83.9 Å². The number of benzene rings is 1. The molecular weight excluding hydrogens is 460 g/mol. The van der Waals surface area contributed by atoms with Crippen molar-refractivity contribution in [2.24, 2.45) is 5.41 Å². The minimum absolute atomic E-state index is 0.0467. The fourth-order valence-electron chi connectivity index (χ4n) is 5.23. The van der Waals surface area contributed by atoms with Crippen LogP contribution in [0.1, 0.15) is 31.9 Å². The zero-order valence-corrected chi connectivity index (χ0v) is 21.9. The lowest BCUT2D eigenvalue weighted by Crippen LogP contribution is -2.52. The molecule has 1 saturated heterocycles. The van der Waals surface area contributed by atoms with Gasteiger partial charge < -0.3 is 29.2 Å². The SMILES string of the molecule is CC(C)(C1=CC2(C)CN(CCOCCO)COC2C=C1)c1ccc2c(c1)CN(CCOCCO)CO2. The molecule has 2 aliphatic heterocycles. The Morgan fingerprint density at radius 1 is 1.03 bits per heavy atom. The van der Waals surface area contributed by atoms with Gasteiger partial charge in [0.15, 0.2) is 0 Å². The van der Waals surface area contributed by atoms with Crippen molar-refractivity contribution >= 4 is 0 Å². The van der Waals surface area contributed by atoms with E-state index in [4.69, 9.17) is 29.2 Å². The Morgan fingerprint density at radius 2 is 1.75 bits per heavy atom. The Bertz CT molecular complexity index is 933. The second-order valence-corrected chi connectivity index (χ2v) is 10.7. The number of rotatable bonds is 12. The van der Waals surface area contributed by atoms with E-state index in [-0.39, 0.29) is 30.1 Å². The molecule has 1 aromatic rings. The van der Waals surface area contributed by atoms with Crippen molar-refractivity contribution in [2.45, 2.75) is 38.8 Å². The van der Waals surface area contributed by atoms with Gasteiger partial charge in [-0.15, -0.1) is 0 Å². The van der Waals surface area contributed by atoms with Crippen LogP contribution in [-0.4, -0.2) is 98.9 Å². The van der Waals surface area contributed by atoms with Gasteiger partial charge >= 0.3 is 0 Å². The molecule has 2 unspecified atom stereocenters. The molecule has 1 aromatic carbocycles. The molecule has 0 aromatic heterocycles. The van der Waals surface area contributed by atoms with Crippen molar-refractivity contribution in [3.8, 4) is 5.75 Å². The van der Waals surface area contributed by atoms with Gasteiger partial charge in [0.25, 0.3) is 0 Å². The maximum absolute atomic E-state index is 8.93. The molecule has 0 spiro atoms. The molecule has 4 rings (SSSR count). The molecule has 3 aliphatic rings. The first-order valence-electron chi connectivity index (χ1n) is 13.0. The molecule has 2 heterocycles. The third-order valence-corrected chi connectivity index (χ3v) is 7.46. The monoisotopic (exact) mass is 502 g/mol. The summed E-state index contributed by atoms with van der Waals surface area (Å²) in [6.45, 7) is 13.2. The van der Waals surface area contributed by atoms with E-state index >= 15 is 0 Å². The van der Waals surface area contributed by atoms with Crippen molar-refractivity contribution in [3.63, 3.8) is 0 Å². The minimum atomic E-state index is -0.182. The summed E-state index contributed by atoms with van der Waals surface area (Å²) in [4.78, 5) is 4.50. The molecule has 8 heteroatoms. The van der Waals surface area contributed by atoms with E-state index in [0.717, 1.165) is 31.9 Å². The maximum Gasteiger partial charge on any atom is 0.142 e. The van der Waals surface area contributed by atoms with Crippen LogP contribution in [0.4, 0.5) is 0 Å². The third kappa shape index (κ3) is 6.37. The standard InChI is InChI=1S/C28H42N2O6/c1-27(2,23-4-6-25-22(16-23)18-29(20-35-25)8-12-33-14-10-31)24-5-7-26-28(3,17-24)19-30(21-36-26)9-13-34-15-11-32/h4-7,16-17,26,31-32H,8-15,18-21H2,1-3H3. The Hall–Kier alpha value is -1.78. The lowest BCUT2D eigenvalue weighted by molar-refractivity contribution is -0.111. The van der Waals surface area contributed by atoms with Gasteiger partial charge in [0.2, 0.25) is 0 Å². The number of fused-ring (bicyclic) bond motifs is 2. The summed E-state index contributed by atoms with van der Waals surface area (Å²) in [5, 5.41) is 17.8. The molecule has 2 atom stereocenters. The van der Waals surface area contributed by atoms with Gasteiger partial charge in [-0.3, -0.25) is 9.80 Å². The lowest BCUT2D eigenvalue weighted by atomic mass is 9.69. The smallest absolute Gasteiger partial charge is 0.142 e. The summed E-state index contributed by atoms with van der Waals surface area (Å²) in [6.07, 6.45) is 6.91. The summed E-state index contributed by atoms with van der Waals surface area (Å²) >= 11 is 0. The van der Waals surface area contributed by atoms with Crippen LogP contribution in [0.2, 0.25) is 0 Å². The van der Waals surface area contributed by atoms with E-state index in [1.54, 1.807) is 0 Å². The maximum atomic E-state index is 8.93. The van der Waals surface area contributed by atoms with Crippen molar-refractivity contribution in [1.29, 1.82) is 0 Å². The normalized spacial score (nSPS) is 24.7. The predicted molar refractivity (Wildman–Crippen MR) is 138 cm³/mol. The van der Waals surface area contributed by atoms with Crippen LogP contribution in [0.25, 0.3) is 0 Å². The summed E-state index contributed by atoms with van der Waals surface area (Å²) < 4.78 is 23.1. The molecule has 0 saturated carbocycles. The number of allylic oxidation sites excluding steroid dienone is 2. The molecule has 200 valence electrons. The van der Waals surface area contributed by atoms with Crippen LogP contribution < -0.4 is 4.74 Å². The zero-order valence-electron chi connectivity index (χ0n) is 21.9. The quantitative estimate of drug-likeness (QED) is 0.422. The molecule has 2 N–H and O–H groups in total. The zero-order chi connectivity index (χ0) is 25.6. The van der Waals surface area contributed by atoms with Gasteiger partial charge in [-0.2, -0.15) is 0 Å². The van der Waals surface area contributed by atoms with Crippen molar-refractivity contribution in [1.82, 2.24) is 9.80 Å². The average Bonchev–Trinajstić information content (AvgIpc) is 2.87. The number of aliphatic hydroxyl groups is 2. The Kier molecular flexibility index (Phi) is 9.22. The van der Waals surface area contributed by atoms with E-state index in [2.05, 4.69) is 67.0 Å². The molecule has 1 fully saturated rings. The molecular formula is C28H42N2O6. The van der Waals surface area contributed by atoms with Crippen LogP contribution in [0, 0.1) is 5.41 Å². The van der Waals surface area contributed by atoms with E-state index < -0.39 is 0 Å². The highest BCUT2D eigenvalue weighted by Gasteiger charge is 2.41. The van der Waals surface area contributed by atoms with Crippen molar-refractivity contribution in [2.75, 3.05) is 72.7 Å². The Labute approximate surface area is 215 Å².